The fourth-order valence-corrected chi connectivity index (χ4v) is 2.19. The van der Waals surface area contributed by atoms with Gasteiger partial charge in [0.15, 0.2) is 11.5 Å². The van der Waals surface area contributed by atoms with E-state index in [1.165, 1.54) is 7.11 Å². The maximum atomic E-state index is 11.4. The van der Waals surface area contributed by atoms with E-state index < -0.39 is 5.97 Å². The summed E-state index contributed by atoms with van der Waals surface area (Å²) in [6, 6.07) is 16.2. The van der Waals surface area contributed by atoms with Crippen molar-refractivity contribution >= 4 is 5.97 Å². The van der Waals surface area contributed by atoms with Crippen molar-refractivity contribution in [2.45, 2.75) is 0 Å². The smallest absolute Gasteiger partial charge is 0.358 e. The molecule has 5 heteroatoms. The zero-order valence-electron chi connectivity index (χ0n) is 11.8. The standard InChI is InChI=1S/C17H13NO4/c1-21-13-10-6-5-9-12(13)16-18-14(17(19)20)15(22-16)11-7-3-2-4-8-11/h2-10H,1H3,(H,19,20). The van der Waals surface area contributed by atoms with E-state index in [1.54, 1.807) is 24.3 Å². The third-order valence-electron chi connectivity index (χ3n) is 3.20. The fourth-order valence-electron chi connectivity index (χ4n) is 2.19. The Bertz CT molecular complexity index is 809. The van der Waals surface area contributed by atoms with Crippen molar-refractivity contribution in [2.75, 3.05) is 7.11 Å². The van der Waals surface area contributed by atoms with Crippen LogP contribution in [0.3, 0.4) is 0 Å². The lowest BCUT2D eigenvalue weighted by Crippen LogP contribution is -1.98. The first kappa shape index (κ1) is 13.9. The van der Waals surface area contributed by atoms with Gasteiger partial charge in [-0.2, -0.15) is 0 Å². The number of para-hydroxylation sites is 1. The van der Waals surface area contributed by atoms with Crippen LogP contribution >= 0.6 is 0 Å². The molecule has 0 aliphatic carbocycles. The van der Waals surface area contributed by atoms with Gasteiger partial charge in [-0.25, -0.2) is 9.78 Å². The lowest BCUT2D eigenvalue weighted by Gasteiger charge is -2.03. The molecule has 0 spiro atoms. The number of oxazole rings is 1. The van der Waals surface area contributed by atoms with Crippen molar-refractivity contribution in [3.05, 3.63) is 60.3 Å². The molecule has 5 nitrogen and oxygen atoms in total. The normalized spacial score (nSPS) is 10.4. The van der Waals surface area contributed by atoms with E-state index in [1.807, 2.05) is 30.3 Å². The molecule has 0 bridgehead atoms. The van der Waals surface area contributed by atoms with Crippen LogP contribution < -0.4 is 4.74 Å². The molecule has 0 unspecified atom stereocenters. The molecule has 0 saturated heterocycles. The van der Waals surface area contributed by atoms with Gasteiger partial charge in [-0.05, 0) is 12.1 Å². The molecular weight excluding hydrogens is 282 g/mol. The number of carboxylic acid groups (broad SMARTS) is 1. The van der Waals surface area contributed by atoms with Gasteiger partial charge in [0, 0.05) is 5.56 Å². The topological polar surface area (TPSA) is 72.6 Å². The van der Waals surface area contributed by atoms with Crippen molar-refractivity contribution in [2.24, 2.45) is 0 Å². The Morgan fingerprint density at radius 1 is 1.09 bits per heavy atom. The number of aromatic carboxylic acids is 1. The van der Waals surface area contributed by atoms with Crippen molar-refractivity contribution in [1.29, 1.82) is 0 Å². The highest BCUT2D eigenvalue weighted by molar-refractivity contribution is 5.93. The molecule has 0 radical (unpaired) electrons. The highest BCUT2D eigenvalue weighted by atomic mass is 16.5. The van der Waals surface area contributed by atoms with Gasteiger partial charge in [-0.3, -0.25) is 0 Å². The van der Waals surface area contributed by atoms with Crippen LogP contribution in [0.5, 0.6) is 5.75 Å². The molecule has 1 aromatic heterocycles. The van der Waals surface area contributed by atoms with E-state index in [2.05, 4.69) is 4.98 Å². The van der Waals surface area contributed by atoms with Gasteiger partial charge in [0.05, 0.1) is 12.7 Å². The predicted octanol–water partition coefficient (Wildman–Crippen LogP) is 3.72. The molecule has 3 aromatic rings. The third kappa shape index (κ3) is 2.44. The number of hydrogen-bond acceptors (Lipinski definition) is 4. The number of benzene rings is 2. The van der Waals surface area contributed by atoms with Gasteiger partial charge < -0.3 is 14.3 Å². The monoisotopic (exact) mass is 295 g/mol. The lowest BCUT2D eigenvalue weighted by atomic mass is 10.1. The van der Waals surface area contributed by atoms with Gasteiger partial charge in [-0.15, -0.1) is 0 Å². The molecule has 3 rings (SSSR count). The van der Waals surface area contributed by atoms with Crippen LogP contribution in [0.2, 0.25) is 0 Å². The van der Waals surface area contributed by atoms with Crippen molar-refractivity contribution in [3.8, 4) is 28.5 Å². The number of methoxy groups -OCH3 is 1. The molecule has 0 aliphatic heterocycles. The number of carboxylic acids is 1. The minimum Gasteiger partial charge on any atom is -0.496 e. The van der Waals surface area contributed by atoms with E-state index >= 15 is 0 Å². The van der Waals surface area contributed by atoms with Crippen molar-refractivity contribution in [3.63, 3.8) is 0 Å². The van der Waals surface area contributed by atoms with E-state index in [0.29, 0.717) is 16.9 Å². The molecule has 110 valence electrons. The summed E-state index contributed by atoms with van der Waals surface area (Å²) < 4.78 is 11.0. The number of aromatic nitrogens is 1. The van der Waals surface area contributed by atoms with Crippen LogP contribution in [-0.2, 0) is 0 Å². The minimum absolute atomic E-state index is 0.118. The molecule has 1 N–H and O–H groups in total. The minimum atomic E-state index is -1.14. The second-order valence-corrected chi connectivity index (χ2v) is 4.57. The Labute approximate surface area is 126 Å². The highest BCUT2D eigenvalue weighted by Crippen LogP contribution is 2.34. The van der Waals surface area contributed by atoms with Crippen LogP contribution in [0.25, 0.3) is 22.8 Å². The summed E-state index contributed by atoms with van der Waals surface area (Å²) in [6.07, 6.45) is 0. The fraction of sp³-hybridized carbons (Fsp3) is 0.0588. The summed E-state index contributed by atoms with van der Waals surface area (Å²) in [5.41, 5.74) is 1.15. The van der Waals surface area contributed by atoms with E-state index in [-0.39, 0.29) is 17.3 Å². The van der Waals surface area contributed by atoms with Crippen LogP contribution in [0.4, 0.5) is 0 Å². The predicted molar refractivity (Wildman–Crippen MR) is 80.9 cm³/mol. The summed E-state index contributed by atoms with van der Waals surface area (Å²) in [5.74, 6) is -0.119. The molecule has 2 aromatic carbocycles. The average molecular weight is 295 g/mol. The lowest BCUT2D eigenvalue weighted by molar-refractivity contribution is 0.0691. The summed E-state index contributed by atoms with van der Waals surface area (Å²) in [6.45, 7) is 0. The van der Waals surface area contributed by atoms with Crippen LogP contribution in [0, 0.1) is 0 Å². The molecule has 1 heterocycles. The first-order valence-electron chi connectivity index (χ1n) is 6.63. The summed E-state index contributed by atoms with van der Waals surface area (Å²) in [5, 5.41) is 9.36. The second kappa shape index (κ2) is 5.73. The Kier molecular flexibility index (Phi) is 3.62. The number of nitrogens with zero attached hydrogens (tertiary/aromatic N) is 1. The van der Waals surface area contributed by atoms with Crippen LogP contribution in [-0.4, -0.2) is 23.2 Å². The third-order valence-corrected chi connectivity index (χ3v) is 3.20. The van der Waals surface area contributed by atoms with Crippen molar-refractivity contribution in [1.82, 2.24) is 4.98 Å². The summed E-state index contributed by atoms with van der Waals surface area (Å²) >= 11 is 0. The molecule has 0 fully saturated rings. The Morgan fingerprint density at radius 3 is 2.45 bits per heavy atom. The largest absolute Gasteiger partial charge is 0.496 e. The zero-order valence-corrected chi connectivity index (χ0v) is 11.8. The van der Waals surface area contributed by atoms with Gasteiger partial charge in [0.2, 0.25) is 5.89 Å². The van der Waals surface area contributed by atoms with Gasteiger partial charge in [0.1, 0.15) is 5.75 Å². The van der Waals surface area contributed by atoms with E-state index in [9.17, 15) is 9.90 Å². The number of carbonyl (C=O) groups is 1. The van der Waals surface area contributed by atoms with E-state index in [4.69, 9.17) is 9.15 Å². The average Bonchev–Trinajstić information content (AvgIpc) is 3.01. The Hall–Kier alpha value is -3.08. The molecule has 0 atom stereocenters. The zero-order chi connectivity index (χ0) is 15.5. The molecule has 0 aliphatic rings. The summed E-state index contributed by atoms with van der Waals surface area (Å²) in [7, 11) is 1.54. The SMILES string of the molecule is COc1ccccc1-c1nc(C(=O)O)c(-c2ccccc2)o1. The van der Waals surface area contributed by atoms with Crippen molar-refractivity contribution < 1.29 is 19.1 Å². The number of ether oxygens (including phenoxy) is 1. The summed E-state index contributed by atoms with van der Waals surface area (Å²) in [4.78, 5) is 15.6. The molecule has 0 amide bonds. The maximum Gasteiger partial charge on any atom is 0.358 e. The maximum absolute atomic E-state index is 11.4. The van der Waals surface area contributed by atoms with E-state index in [0.717, 1.165) is 0 Å². The Morgan fingerprint density at radius 2 is 1.77 bits per heavy atom. The Balaban J connectivity index is 2.18. The van der Waals surface area contributed by atoms with Gasteiger partial charge in [0.25, 0.3) is 0 Å². The molecule has 0 saturated carbocycles. The number of hydrogen-bond donors (Lipinski definition) is 1. The quantitative estimate of drug-likeness (QED) is 0.794. The highest BCUT2D eigenvalue weighted by Gasteiger charge is 2.22. The molecular formula is C17H13NO4. The van der Waals surface area contributed by atoms with Crippen LogP contribution in [0.15, 0.2) is 59.0 Å². The first-order chi connectivity index (χ1) is 10.7. The second-order valence-electron chi connectivity index (χ2n) is 4.57. The van der Waals surface area contributed by atoms with Crippen LogP contribution in [0.1, 0.15) is 10.5 Å². The number of rotatable bonds is 4. The first-order valence-corrected chi connectivity index (χ1v) is 6.63. The van der Waals surface area contributed by atoms with Gasteiger partial charge >= 0.3 is 5.97 Å². The van der Waals surface area contributed by atoms with Gasteiger partial charge in [-0.1, -0.05) is 42.5 Å². The molecule has 22 heavy (non-hydrogen) atoms.